The maximum absolute atomic E-state index is 12.9. The summed E-state index contributed by atoms with van der Waals surface area (Å²) in [5.41, 5.74) is 1.80. The molecule has 1 fully saturated rings. The molecule has 2 aliphatic rings. The number of ether oxygens (including phenoxy) is 2. The van der Waals surface area contributed by atoms with Crippen molar-refractivity contribution in [3.63, 3.8) is 0 Å². The van der Waals surface area contributed by atoms with Crippen LogP contribution in [0.3, 0.4) is 0 Å². The second-order valence-electron chi connectivity index (χ2n) is 7.50. The van der Waals surface area contributed by atoms with E-state index in [1.54, 1.807) is 28.6 Å². The molecule has 2 heterocycles. The van der Waals surface area contributed by atoms with Gasteiger partial charge in [0.25, 0.3) is 0 Å². The Morgan fingerprint density at radius 3 is 2.55 bits per heavy atom. The first-order valence-electron chi connectivity index (χ1n) is 9.80. The van der Waals surface area contributed by atoms with E-state index < -0.39 is 16.1 Å². The molecular formula is C21H26N2O5S. The van der Waals surface area contributed by atoms with Crippen molar-refractivity contribution in [1.29, 1.82) is 0 Å². The lowest BCUT2D eigenvalue weighted by Gasteiger charge is -2.24. The third kappa shape index (κ3) is 4.40. The Bertz CT molecular complexity index is 962. The number of aryl methyl sites for hydroxylation is 1. The van der Waals surface area contributed by atoms with Crippen molar-refractivity contribution in [2.45, 2.75) is 24.3 Å². The van der Waals surface area contributed by atoms with Crippen molar-refractivity contribution < 1.29 is 23.0 Å². The highest BCUT2D eigenvalue weighted by Gasteiger charge is 2.27. The molecule has 0 radical (unpaired) electrons. The van der Waals surface area contributed by atoms with Crippen LogP contribution in [0.15, 0.2) is 47.4 Å². The summed E-state index contributed by atoms with van der Waals surface area (Å²) in [7, 11) is -3.50. The van der Waals surface area contributed by atoms with Gasteiger partial charge < -0.3 is 14.6 Å². The predicted molar refractivity (Wildman–Crippen MR) is 109 cm³/mol. The van der Waals surface area contributed by atoms with Crippen LogP contribution in [0.25, 0.3) is 0 Å². The Morgan fingerprint density at radius 1 is 1.00 bits per heavy atom. The molecule has 1 saturated heterocycles. The number of aliphatic hydroxyl groups is 1. The lowest BCUT2D eigenvalue weighted by Crippen LogP contribution is -2.36. The number of hydrogen-bond acceptors (Lipinski definition) is 6. The van der Waals surface area contributed by atoms with Crippen molar-refractivity contribution in [3.8, 4) is 11.5 Å². The zero-order valence-corrected chi connectivity index (χ0v) is 17.3. The highest BCUT2D eigenvalue weighted by molar-refractivity contribution is 7.89. The fourth-order valence-electron chi connectivity index (χ4n) is 3.70. The first-order valence-corrected chi connectivity index (χ1v) is 11.2. The SMILES string of the molecule is Cc1ccc(S(=O)(=O)N2CCCN(C[C@H](O)c3ccc4c(c3)OCO4)CC2)cc1. The fourth-order valence-corrected chi connectivity index (χ4v) is 5.17. The quantitative estimate of drug-likeness (QED) is 0.802. The topological polar surface area (TPSA) is 79.3 Å². The van der Waals surface area contributed by atoms with E-state index in [1.165, 1.54) is 0 Å². The van der Waals surface area contributed by atoms with Crippen molar-refractivity contribution >= 4 is 10.0 Å². The molecule has 0 aromatic heterocycles. The zero-order chi connectivity index (χ0) is 20.4. The molecule has 8 heteroatoms. The van der Waals surface area contributed by atoms with Gasteiger partial charge in [0, 0.05) is 26.2 Å². The monoisotopic (exact) mass is 418 g/mol. The minimum atomic E-state index is -3.50. The van der Waals surface area contributed by atoms with Gasteiger partial charge in [-0.2, -0.15) is 4.31 Å². The predicted octanol–water partition coefficient (Wildman–Crippen LogP) is 2.15. The van der Waals surface area contributed by atoms with Gasteiger partial charge in [0.2, 0.25) is 16.8 Å². The number of rotatable bonds is 5. The molecular weight excluding hydrogens is 392 g/mol. The molecule has 2 aromatic rings. The molecule has 156 valence electrons. The Hall–Kier alpha value is -2.13. The highest BCUT2D eigenvalue weighted by atomic mass is 32.2. The van der Waals surface area contributed by atoms with Gasteiger partial charge in [-0.25, -0.2) is 8.42 Å². The maximum Gasteiger partial charge on any atom is 0.243 e. The van der Waals surface area contributed by atoms with Crippen LogP contribution in [0, 0.1) is 6.92 Å². The summed E-state index contributed by atoms with van der Waals surface area (Å²) < 4.78 is 38.1. The van der Waals surface area contributed by atoms with E-state index in [1.807, 2.05) is 25.1 Å². The van der Waals surface area contributed by atoms with Gasteiger partial charge in [-0.15, -0.1) is 0 Å². The molecule has 0 unspecified atom stereocenters. The Balaban J connectivity index is 1.39. The fraction of sp³-hybridized carbons (Fsp3) is 0.429. The molecule has 0 amide bonds. The van der Waals surface area contributed by atoms with E-state index in [2.05, 4.69) is 4.90 Å². The lowest BCUT2D eigenvalue weighted by atomic mass is 10.1. The number of nitrogens with zero attached hydrogens (tertiary/aromatic N) is 2. The average molecular weight is 419 g/mol. The zero-order valence-electron chi connectivity index (χ0n) is 16.5. The van der Waals surface area contributed by atoms with Crippen LogP contribution in [0.5, 0.6) is 11.5 Å². The minimum Gasteiger partial charge on any atom is -0.454 e. The van der Waals surface area contributed by atoms with Crippen LogP contribution in [-0.4, -0.2) is 62.2 Å². The molecule has 0 spiro atoms. The first-order chi connectivity index (χ1) is 13.9. The summed E-state index contributed by atoms with van der Waals surface area (Å²) in [6, 6.07) is 12.4. The van der Waals surface area contributed by atoms with E-state index in [9.17, 15) is 13.5 Å². The summed E-state index contributed by atoms with van der Waals surface area (Å²) in [6.45, 7) is 4.78. The second-order valence-corrected chi connectivity index (χ2v) is 9.44. The van der Waals surface area contributed by atoms with Crippen molar-refractivity contribution in [2.24, 2.45) is 0 Å². The van der Waals surface area contributed by atoms with E-state index in [4.69, 9.17) is 9.47 Å². The third-order valence-corrected chi connectivity index (χ3v) is 7.33. The van der Waals surface area contributed by atoms with Gasteiger partial charge in [-0.3, -0.25) is 4.90 Å². The molecule has 0 aliphatic carbocycles. The van der Waals surface area contributed by atoms with Crippen LogP contribution in [-0.2, 0) is 10.0 Å². The molecule has 2 aliphatic heterocycles. The summed E-state index contributed by atoms with van der Waals surface area (Å²) in [5, 5.41) is 10.7. The number of aliphatic hydroxyl groups excluding tert-OH is 1. The summed E-state index contributed by atoms with van der Waals surface area (Å²) in [4.78, 5) is 2.44. The van der Waals surface area contributed by atoms with E-state index in [-0.39, 0.29) is 6.79 Å². The lowest BCUT2D eigenvalue weighted by molar-refractivity contribution is 0.116. The molecule has 1 atom stereocenters. The smallest absolute Gasteiger partial charge is 0.243 e. The van der Waals surface area contributed by atoms with Gasteiger partial charge in [-0.05, 0) is 49.7 Å². The van der Waals surface area contributed by atoms with Crippen molar-refractivity contribution in [1.82, 2.24) is 9.21 Å². The molecule has 0 bridgehead atoms. The van der Waals surface area contributed by atoms with Gasteiger partial charge >= 0.3 is 0 Å². The maximum atomic E-state index is 12.9. The number of β-amino-alcohol motifs (C(OH)–C–C–N with tert-alkyl or cyclic N) is 1. The Labute approximate surface area is 171 Å². The highest BCUT2D eigenvalue weighted by Crippen LogP contribution is 2.34. The third-order valence-electron chi connectivity index (χ3n) is 5.42. The average Bonchev–Trinajstić information content (AvgIpc) is 3.05. The van der Waals surface area contributed by atoms with E-state index >= 15 is 0 Å². The molecule has 4 rings (SSSR count). The molecule has 29 heavy (non-hydrogen) atoms. The van der Waals surface area contributed by atoms with Gasteiger partial charge in [0.1, 0.15) is 0 Å². The summed E-state index contributed by atoms with van der Waals surface area (Å²) in [6.07, 6.45) is 0.0450. The summed E-state index contributed by atoms with van der Waals surface area (Å²) >= 11 is 0. The minimum absolute atomic E-state index is 0.201. The summed E-state index contributed by atoms with van der Waals surface area (Å²) in [5.74, 6) is 1.33. The van der Waals surface area contributed by atoms with Crippen molar-refractivity contribution in [2.75, 3.05) is 39.5 Å². The number of hydrogen-bond donors (Lipinski definition) is 1. The molecule has 7 nitrogen and oxygen atoms in total. The second kappa shape index (κ2) is 8.31. The number of fused-ring (bicyclic) bond motifs is 1. The number of benzene rings is 2. The van der Waals surface area contributed by atoms with E-state index in [0.29, 0.717) is 42.6 Å². The number of sulfonamides is 1. The largest absolute Gasteiger partial charge is 0.454 e. The Kier molecular flexibility index (Phi) is 5.78. The van der Waals surface area contributed by atoms with E-state index in [0.717, 1.165) is 24.1 Å². The van der Waals surface area contributed by atoms with Crippen LogP contribution in [0.2, 0.25) is 0 Å². The first kappa shape index (κ1) is 20.2. The standard InChI is InChI=1S/C21H26N2O5S/c1-16-3-6-18(7-4-16)29(25,26)23-10-2-9-22(11-12-23)14-19(24)17-5-8-20-21(13-17)28-15-27-20/h3-8,13,19,24H,2,9-12,14-15H2,1H3/t19-/m0/s1. The van der Waals surface area contributed by atoms with Crippen LogP contribution < -0.4 is 9.47 Å². The van der Waals surface area contributed by atoms with Gasteiger partial charge in [0.05, 0.1) is 11.0 Å². The molecule has 0 saturated carbocycles. The van der Waals surface area contributed by atoms with Crippen LogP contribution in [0.4, 0.5) is 0 Å². The Morgan fingerprint density at radius 2 is 1.76 bits per heavy atom. The molecule has 1 N–H and O–H groups in total. The normalized spacial score (nSPS) is 19.1. The molecule has 2 aromatic carbocycles. The van der Waals surface area contributed by atoms with Gasteiger partial charge in [-0.1, -0.05) is 23.8 Å². The van der Waals surface area contributed by atoms with Gasteiger partial charge in [0.15, 0.2) is 11.5 Å². The van der Waals surface area contributed by atoms with Crippen LogP contribution >= 0.6 is 0 Å². The van der Waals surface area contributed by atoms with Crippen molar-refractivity contribution in [3.05, 3.63) is 53.6 Å². The van der Waals surface area contributed by atoms with Crippen LogP contribution in [0.1, 0.15) is 23.7 Å².